The van der Waals surface area contributed by atoms with E-state index in [4.69, 9.17) is 4.74 Å². The molecule has 0 unspecified atom stereocenters. The van der Waals surface area contributed by atoms with Gasteiger partial charge in [0.2, 0.25) is 5.78 Å². The molecule has 0 saturated heterocycles. The van der Waals surface area contributed by atoms with Gasteiger partial charge in [0.15, 0.2) is 0 Å². The summed E-state index contributed by atoms with van der Waals surface area (Å²) in [5, 5.41) is 10.4. The molecular formula is C22H18N2O2. The summed E-state index contributed by atoms with van der Waals surface area (Å²) in [6, 6.07) is 16.9. The number of rotatable bonds is 6. The number of para-hydroxylation sites is 2. The van der Waals surface area contributed by atoms with E-state index in [9.17, 15) is 10.1 Å². The largest absolute Gasteiger partial charge is 0.489 e. The molecule has 128 valence electrons. The minimum atomic E-state index is -0.305. The van der Waals surface area contributed by atoms with Crippen LogP contribution in [0.15, 0.2) is 66.8 Å². The zero-order valence-corrected chi connectivity index (χ0v) is 14.5. The number of aromatic nitrogens is 1. The number of benzene rings is 2. The van der Waals surface area contributed by atoms with E-state index in [1.54, 1.807) is 18.2 Å². The third-order valence-electron chi connectivity index (χ3n) is 4.06. The standard InChI is InChI=1S/C22H18N2O2/c1-3-12-26-20-11-7-4-8-16(20)13-17(14-23)22(25)21-15(2)24-19-10-6-5-9-18(19)21/h3-11,13,24H,1,12H2,2H3/b17-13+. The molecule has 1 N–H and O–H groups in total. The average Bonchev–Trinajstić information content (AvgIpc) is 3.00. The van der Waals surface area contributed by atoms with Crippen LogP contribution in [0.4, 0.5) is 0 Å². The summed E-state index contributed by atoms with van der Waals surface area (Å²) in [7, 11) is 0. The van der Waals surface area contributed by atoms with Crippen molar-refractivity contribution >= 4 is 22.8 Å². The van der Waals surface area contributed by atoms with E-state index in [1.807, 2.05) is 55.5 Å². The minimum Gasteiger partial charge on any atom is -0.489 e. The van der Waals surface area contributed by atoms with Crippen LogP contribution in [0, 0.1) is 18.3 Å². The molecule has 0 aliphatic heterocycles. The molecule has 0 aliphatic rings. The Balaban J connectivity index is 2.05. The van der Waals surface area contributed by atoms with Gasteiger partial charge in [0, 0.05) is 22.2 Å². The first-order valence-corrected chi connectivity index (χ1v) is 8.22. The van der Waals surface area contributed by atoms with E-state index in [-0.39, 0.29) is 11.4 Å². The number of Topliss-reactive ketones (excluding diaryl/α,β-unsaturated/α-hetero) is 1. The van der Waals surface area contributed by atoms with Gasteiger partial charge in [-0.3, -0.25) is 4.79 Å². The quantitative estimate of drug-likeness (QED) is 0.302. The van der Waals surface area contributed by atoms with Crippen LogP contribution in [0.2, 0.25) is 0 Å². The number of nitrogens with one attached hydrogen (secondary N) is 1. The number of ketones is 1. The first-order valence-electron chi connectivity index (χ1n) is 8.22. The summed E-state index contributed by atoms with van der Waals surface area (Å²) in [4.78, 5) is 16.2. The normalized spacial score (nSPS) is 11.2. The molecule has 26 heavy (non-hydrogen) atoms. The van der Waals surface area contributed by atoms with Crippen LogP contribution in [0.3, 0.4) is 0 Å². The summed E-state index contributed by atoms with van der Waals surface area (Å²) >= 11 is 0. The summed E-state index contributed by atoms with van der Waals surface area (Å²) < 4.78 is 5.61. The Kier molecular flexibility index (Phi) is 5.00. The van der Waals surface area contributed by atoms with Crippen molar-refractivity contribution in [1.82, 2.24) is 4.98 Å². The molecule has 4 nitrogen and oxygen atoms in total. The van der Waals surface area contributed by atoms with Crippen LogP contribution in [0.25, 0.3) is 17.0 Å². The topological polar surface area (TPSA) is 65.9 Å². The number of aromatic amines is 1. The zero-order valence-electron chi connectivity index (χ0n) is 14.5. The second-order valence-corrected chi connectivity index (χ2v) is 5.81. The SMILES string of the molecule is C=CCOc1ccccc1/C=C(\C#N)C(=O)c1c(C)[nH]c2ccccc12. The van der Waals surface area contributed by atoms with Crippen LogP contribution >= 0.6 is 0 Å². The van der Waals surface area contributed by atoms with Gasteiger partial charge in [-0.1, -0.05) is 49.1 Å². The molecule has 0 amide bonds. The number of carbonyl (C=O) groups is 1. The van der Waals surface area contributed by atoms with Gasteiger partial charge in [-0.05, 0) is 25.1 Å². The fourth-order valence-corrected chi connectivity index (χ4v) is 2.89. The average molecular weight is 342 g/mol. The molecular weight excluding hydrogens is 324 g/mol. The molecule has 0 bridgehead atoms. The van der Waals surface area contributed by atoms with Gasteiger partial charge in [0.05, 0.1) is 5.56 Å². The second kappa shape index (κ2) is 7.54. The maximum atomic E-state index is 13.0. The Morgan fingerprint density at radius 2 is 1.96 bits per heavy atom. The zero-order chi connectivity index (χ0) is 18.5. The number of H-pyrrole nitrogens is 1. The molecule has 3 aromatic rings. The van der Waals surface area contributed by atoms with E-state index >= 15 is 0 Å². The van der Waals surface area contributed by atoms with Crippen molar-refractivity contribution < 1.29 is 9.53 Å². The van der Waals surface area contributed by atoms with Gasteiger partial charge in [-0.2, -0.15) is 5.26 Å². The number of ether oxygens (including phenoxy) is 1. The monoisotopic (exact) mass is 342 g/mol. The van der Waals surface area contributed by atoms with E-state index in [1.165, 1.54) is 0 Å². The van der Waals surface area contributed by atoms with Crippen molar-refractivity contribution in [2.24, 2.45) is 0 Å². The highest BCUT2D eigenvalue weighted by atomic mass is 16.5. The molecule has 1 aromatic heterocycles. The molecule has 0 spiro atoms. The Morgan fingerprint density at radius 1 is 1.23 bits per heavy atom. The number of nitrogens with zero attached hydrogens (tertiary/aromatic N) is 1. The van der Waals surface area contributed by atoms with Crippen LogP contribution in [-0.4, -0.2) is 17.4 Å². The Morgan fingerprint density at radius 3 is 2.73 bits per heavy atom. The highest BCUT2D eigenvalue weighted by Gasteiger charge is 2.20. The lowest BCUT2D eigenvalue weighted by Crippen LogP contribution is -2.04. The second-order valence-electron chi connectivity index (χ2n) is 5.81. The highest BCUT2D eigenvalue weighted by molar-refractivity contribution is 6.20. The predicted molar refractivity (Wildman–Crippen MR) is 103 cm³/mol. The molecule has 0 aliphatic carbocycles. The number of carbonyl (C=O) groups excluding carboxylic acids is 1. The molecule has 0 saturated carbocycles. The minimum absolute atomic E-state index is 0.0625. The summed E-state index contributed by atoms with van der Waals surface area (Å²) in [6.07, 6.45) is 3.22. The van der Waals surface area contributed by atoms with Gasteiger partial charge < -0.3 is 9.72 Å². The fraction of sp³-hybridized carbons (Fsp3) is 0.0909. The molecule has 1 heterocycles. The number of aryl methyl sites for hydroxylation is 1. The van der Waals surface area contributed by atoms with Gasteiger partial charge in [-0.15, -0.1) is 0 Å². The van der Waals surface area contributed by atoms with Crippen molar-refractivity contribution in [1.29, 1.82) is 5.26 Å². The van der Waals surface area contributed by atoms with Gasteiger partial charge in [0.1, 0.15) is 24.0 Å². The predicted octanol–water partition coefficient (Wildman–Crippen LogP) is 4.83. The van der Waals surface area contributed by atoms with Gasteiger partial charge in [0.25, 0.3) is 0 Å². The molecule has 0 fully saturated rings. The molecule has 2 aromatic carbocycles. The van der Waals surface area contributed by atoms with Gasteiger partial charge >= 0.3 is 0 Å². The van der Waals surface area contributed by atoms with E-state index in [0.29, 0.717) is 23.5 Å². The summed E-state index contributed by atoms with van der Waals surface area (Å²) in [5.41, 5.74) is 2.89. The molecule has 3 rings (SSSR count). The summed E-state index contributed by atoms with van der Waals surface area (Å²) in [5.74, 6) is 0.296. The third-order valence-corrected chi connectivity index (χ3v) is 4.06. The van der Waals surface area contributed by atoms with Crippen molar-refractivity contribution in [3.05, 3.63) is 83.6 Å². The Hall–Kier alpha value is -3.58. The Labute approximate surface area is 152 Å². The summed E-state index contributed by atoms with van der Waals surface area (Å²) in [6.45, 7) is 5.82. The first-order chi connectivity index (χ1) is 12.7. The van der Waals surface area contributed by atoms with Crippen LogP contribution in [-0.2, 0) is 0 Å². The fourth-order valence-electron chi connectivity index (χ4n) is 2.89. The van der Waals surface area contributed by atoms with Gasteiger partial charge in [-0.25, -0.2) is 0 Å². The van der Waals surface area contributed by atoms with Crippen LogP contribution in [0.5, 0.6) is 5.75 Å². The smallest absolute Gasteiger partial charge is 0.205 e. The number of hydrogen-bond acceptors (Lipinski definition) is 3. The van der Waals surface area contributed by atoms with E-state index in [2.05, 4.69) is 11.6 Å². The lowest BCUT2D eigenvalue weighted by molar-refractivity contribution is 0.104. The first kappa shape index (κ1) is 17.2. The van der Waals surface area contributed by atoms with Crippen molar-refractivity contribution in [3.63, 3.8) is 0 Å². The highest BCUT2D eigenvalue weighted by Crippen LogP contribution is 2.27. The maximum Gasteiger partial charge on any atom is 0.205 e. The third kappa shape index (κ3) is 3.28. The maximum absolute atomic E-state index is 13.0. The van der Waals surface area contributed by atoms with Crippen molar-refractivity contribution in [3.8, 4) is 11.8 Å². The lowest BCUT2D eigenvalue weighted by Gasteiger charge is -2.07. The van der Waals surface area contributed by atoms with E-state index in [0.717, 1.165) is 16.6 Å². The Bertz CT molecular complexity index is 1050. The molecule has 0 atom stereocenters. The number of hydrogen-bond donors (Lipinski definition) is 1. The van der Waals surface area contributed by atoms with E-state index < -0.39 is 0 Å². The van der Waals surface area contributed by atoms with Crippen LogP contribution in [0.1, 0.15) is 21.6 Å². The molecule has 4 heteroatoms. The van der Waals surface area contributed by atoms with Crippen molar-refractivity contribution in [2.75, 3.05) is 6.61 Å². The lowest BCUT2D eigenvalue weighted by atomic mass is 9.99. The number of allylic oxidation sites excluding steroid dienone is 1. The number of nitriles is 1. The van der Waals surface area contributed by atoms with Crippen molar-refractivity contribution in [2.45, 2.75) is 6.92 Å². The molecule has 0 radical (unpaired) electrons. The van der Waals surface area contributed by atoms with Crippen LogP contribution < -0.4 is 4.74 Å². The number of fused-ring (bicyclic) bond motifs is 1.